The van der Waals surface area contributed by atoms with Gasteiger partial charge in [0.05, 0.1) is 5.41 Å². The molecule has 0 aromatic carbocycles. The average molecular weight is 265 g/mol. The zero-order valence-corrected chi connectivity index (χ0v) is 11.4. The van der Waals surface area contributed by atoms with Crippen LogP contribution >= 0.6 is 0 Å². The maximum Gasteiger partial charge on any atom is 0.315 e. The zero-order valence-electron chi connectivity index (χ0n) is 11.4. The first-order valence-corrected chi connectivity index (χ1v) is 6.44. The molecule has 1 aliphatic heterocycles. The van der Waals surface area contributed by atoms with Crippen LogP contribution in [0, 0.1) is 10.8 Å². The van der Waals surface area contributed by atoms with E-state index in [0.717, 1.165) is 5.70 Å². The molecule has 0 saturated heterocycles. The molecule has 19 heavy (non-hydrogen) atoms. The summed E-state index contributed by atoms with van der Waals surface area (Å²) in [5.74, 6) is -1.81. The van der Waals surface area contributed by atoms with E-state index in [-0.39, 0.29) is 12.5 Å². The van der Waals surface area contributed by atoms with Gasteiger partial charge in [-0.2, -0.15) is 0 Å². The first-order valence-electron chi connectivity index (χ1n) is 6.44. The summed E-state index contributed by atoms with van der Waals surface area (Å²) in [6, 6.07) is -0.235. The van der Waals surface area contributed by atoms with Crippen molar-refractivity contribution in [2.24, 2.45) is 10.8 Å². The van der Waals surface area contributed by atoms with Gasteiger partial charge >= 0.3 is 11.9 Å². The highest BCUT2D eigenvalue weighted by atomic mass is 16.4. The Morgan fingerprint density at radius 1 is 1.42 bits per heavy atom. The zero-order chi connectivity index (χ0) is 14.4. The standard InChI is InChI=1S/C14H19NO4/c1-4-14(12(18)19)8(2)15-10-5-6-13(3,11(16)17)7-9(10)14/h5-6,8,15H,4,7H2,1-3H3,(H,16,17)(H,18,19). The Balaban J connectivity index is 2.51. The molecule has 0 aromatic heterocycles. The van der Waals surface area contributed by atoms with Gasteiger partial charge in [0.25, 0.3) is 0 Å². The van der Waals surface area contributed by atoms with E-state index in [1.807, 2.05) is 13.8 Å². The second-order valence-electron chi connectivity index (χ2n) is 5.62. The molecule has 0 saturated carbocycles. The first kappa shape index (κ1) is 13.6. The lowest BCUT2D eigenvalue weighted by atomic mass is 9.67. The second-order valence-corrected chi connectivity index (χ2v) is 5.62. The summed E-state index contributed by atoms with van der Waals surface area (Å²) in [5.41, 5.74) is -0.546. The van der Waals surface area contributed by atoms with E-state index in [1.165, 1.54) is 0 Å². The van der Waals surface area contributed by atoms with Crippen LogP contribution in [0.15, 0.2) is 23.4 Å². The molecule has 0 fully saturated rings. The van der Waals surface area contributed by atoms with Gasteiger partial charge < -0.3 is 15.5 Å². The predicted molar refractivity (Wildman–Crippen MR) is 69.5 cm³/mol. The van der Waals surface area contributed by atoms with Crippen molar-refractivity contribution >= 4 is 11.9 Å². The van der Waals surface area contributed by atoms with Crippen molar-refractivity contribution in [1.82, 2.24) is 5.32 Å². The third kappa shape index (κ3) is 1.68. The number of nitrogens with one attached hydrogen (secondary N) is 1. The van der Waals surface area contributed by atoms with Gasteiger partial charge in [-0.3, -0.25) is 9.59 Å². The number of carbonyl (C=O) groups is 2. The lowest BCUT2D eigenvalue weighted by molar-refractivity contribution is -0.149. The second kappa shape index (κ2) is 4.11. The molecular formula is C14H19NO4. The lowest BCUT2D eigenvalue weighted by Crippen LogP contribution is -2.44. The number of allylic oxidation sites excluding steroid dienone is 1. The van der Waals surface area contributed by atoms with Crippen LogP contribution in [0.2, 0.25) is 0 Å². The van der Waals surface area contributed by atoms with E-state index in [1.54, 1.807) is 19.1 Å². The maximum atomic E-state index is 11.8. The van der Waals surface area contributed by atoms with Crippen LogP contribution in [0.3, 0.4) is 0 Å². The van der Waals surface area contributed by atoms with Crippen molar-refractivity contribution in [3.63, 3.8) is 0 Å². The summed E-state index contributed by atoms with van der Waals surface area (Å²) in [6.07, 6.45) is 4.04. The maximum absolute atomic E-state index is 11.8. The Kier molecular flexibility index (Phi) is 2.96. The minimum Gasteiger partial charge on any atom is -0.481 e. The summed E-state index contributed by atoms with van der Waals surface area (Å²) in [7, 11) is 0. The highest BCUT2D eigenvalue weighted by molar-refractivity contribution is 5.84. The van der Waals surface area contributed by atoms with Gasteiger partial charge in [-0.1, -0.05) is 13.0 Å². The molecule has 1 aliphatic carbocycles. The van der Waals surface area contributed by atoms with Crippen molar-refractivity contribution in [3.8, 4) is 0 Å². The van der Waals surface area contributed by atoms with Crippen LogP contribution < -0.4 is 5.32 Å². The number of hydrogen-bond donors (Lipinski definition) is 3. The molecule has 3 N–H and O–H groups in total. The third-order valence-electron chi connectivity index (χ3n) is 4.56. The van der Waals surface area contributed by atoms with E-state index >= 15 is 0 Å². The van der Waals surface area contributed by atoms with Crippen LogP contribution in [-0.2, 0) is 9.59 Å². The third-order valence-corrected chi connectivity index (χ3v) is 4.56. The van der Waals surface area contributed by atoms with Gasteiger partial charge in [0.2, 0.25) is 0 Å². The molecule has 2 rings (SSSR count). The van der Waals surface area contributed by atoms with Crippen molar-refractivity contribution in [1.29, 1.82) is 0 Å². The van der Waals surface area contributed by atoms with Crippen molar-refractivity contribution in [3.05, 3.63) is 23.4 Å². The highest BCUT2D eigenvalue weighted by Gasteiger charge is 2.54. The van der Waals surface area contributed by atoms with E-state index in [9.17, 15) is 19.8 Å². The van der Waals surface area contributed by atoms with Crippen molar-refractivity contribution in [2.45, 2.75) is 39.7 Å². The molecule has 0 radical (unpaired) electrons. The number of hydrogen-bond acceptors (Lipinski definition) is 3. The number of carboxylic acid groups (broad SMARTS) is 2. The molecule has 5 heteroatoms. The van der Waals surface area contributed by atoms with Crippen LogP contribution in [0.25, 0.3) is 0 Å². The van der Waals surface area contributed by atoms with Gasteiger partial charge in [0.15, 0.2) is 0 Å². The Morgan fingerprint density at radius 2 is 2.05 bits per heavy atom. The largest absolute Gasteiger partial charge is 0.481 e. The Bertz CT molecular complexity index is 508. The van der Waals surface area contributed by atoms with Gasteiger partial charge in [-0.15, -0.1) is 0 Å². The molecule has 5 nitrogen and oxygen atoms in total. The van der Waals surface area contributed by atoms with Gasteiger partial charge in [-0.25, -0.2) is 0 Å². The van der Waals surface area contributed by atoms with Gasteiger partial charge in [0.1, 0.15) is 5.41 Å². The minimum absolute atomic E-state index is 0.235. The van der Waals surface area contributed by atoms with E-state index in [4.69, 9.17) is 0 Å². The smallest absolute Gasteiger partial charge is 0.315 e. The monoisotopic (exact) mass is 265 g/mol. The molecule has 2 aliphatic rings. The lowest BCUT2D eigenvalue weighted by Gasteiger charge is -2.34. The van der Waals surface area contributed by atoms with Gasteiger partial charge in [0, 0.05) is 11.7 Å². The van der Waals surface area contributed by atoms with Crippen molar-refractivity contribution in [2.75, 3.05) is 0 Å². The van der Waals surface area contributed by atoms with E-state index in [0.29, 0.717) is 12.0 Å². The molecule has 1 heterocycles. The van der Waals surface area contributed by atoms with Crippen LogP contribution in [0.4, 0.5) is 0 Å². The van der Waals surface area contributed by atoms with Crippen molar-refractivity contribution < 1.29 is 19.8 Å². The number of rotatable bonds is 3. The molecule has 3 unspecified atom stereocenters. The molecule has 104 valence electrons. The van der Waals surface area contributed by atoms with Crippen LogP contribution in [-0.4, -0.2) is 28.2 Å². The van der Waals surface area contributed by atoms with E-state index < -0.39 is 22.8 Å². The normalized spacial score (nSPS) is 36.9. The minimum atomic E-state index is -1.03. The molecule has 0 bridgehead atoms. The molecule has 0 amide bonds. The number of carboxylic acids is 2. The molecule has 0 spiro atoms. The number of aliphatic carboxylic acids is 2. The van der Waals surface area contributed by atoms with Crippen LogP contribution in [0.5, 0.6) is 0 Å². The fourth-order valence-electron chi connectivity index (χ4n) is 3.17. The molecule has 0 aromatic rings. The SMILES string of the molecule is CCC1(C(=O)O)C2=C(C=CC(C)(C(=O)O)C2)NC1C. The summed E-state index contributed by atoms with van der Waals surface area (Å²) < 4.78 is 0. The Morgan fingerprint density at radius 3 is 2.53 bits per heavy atom. The Hall–Kier alpha value is -1.78. The highest BCUT2D eigenvalue weighted by Crippen LogP contribution is 2.49. The molecule has 3 atom stereocenters. The Labute approximate surface area is 112 Å². The average Bonchev–Trinajstić information content (AvgIpc) is 2.61. The summed E-state index contributed by atoms with van der Waals surface area (Å²) >= 11 is 0. The van der Waals surface area contributed by atoms with Gasteiger partial charge in [-0.05, 0) is 38.3 Å². The van der Waals surface area contributed by atoms with Crippen LogP contribution in [0.1, 0.15) is 33.6 Å². The fraction of sp³-hybridized carbons (Fsp3) is 0.571. The molecular weight excluding hydrogens is 246 g/mol. The summed E-state index contributed by atoms with van der Waals surface area (Å²) in [5, 5.41) is 22.1. The first-order chi connectivity index (χ1) is 8.78. The van der Waals surface area contributed by atoms with E-state index in [2.05, 4.69) is 5.32 Å². The summed E-state index contributed by atoms with van der Waals surface area (Å²) in [6.45, 7) is 5.29. The predicted octanol–water partition coefficient (Wildman–Crippen LogP) is 1.76. The topological polar surface area (TPSA) is 86.6 Å². The fourth-order valence-corrected chi connectivity index (χ4v) is 3.17. The summed E-state index contributed by atoms with van der Waals surface area (Å²) in [4.78, 5) is 23.1. The quantitative estimate of drug-likeness (QED) is 0.724.